The van der Waals surface area contributed by atoms with Crippen LogP contribution in [0.1, 0.15) is 74.4 Å². The van der Waals surface area contributed by atoms with E-state index >= 15 is 0 Å². The van der Waals surface area contributed by atoms with Gasteiger partial charge in [0.1, 0.15) is 25.4 Å². The first-order valence-electron chi connectivity index (χ1n) is 32.6. The van der Waals surface area contributed by atoms with Crippen LogP contribution in [0.25, 0.3) is 64.6 Å². The summed E-state index contributed by atoms with van der Waals surface area (Å²) in [7, 11) is -10.5. The Balaban J connectivity index is 0.000000249. The Hall–Kier alpha value is -9.12. The second kappa shape index (κ2) is 27.1. The van der Waals surface area contributed by atoms with Crippen LogP contribution in [-0.4, -0.2) is 137 Å². The molecule has 0 atom stereocenters. The summed E-state index contributed by atoms with van der Waals surface area (Å²) in [5.74, 6) is 1.98. The molecule has 6 bridgehead atoms. The predicted molar refractivity (Wildman–Crippen MR) is 394 cm³/mol. The van der Waals surface area contributed by atoms with Crippen molar-refractivity contribution in [2.24, 2.45) is 35.4 Å². The Morgan fingerprint density at radius 1 is 0.481 bits per heavy atom. The molecule has 529 valence electrons. The molecule has 29 heteroatoms. The fourth-order valence-electron chi connectivity index (χ4n) is 14.4. The predicted octanol–water partition coefficient (Wildman–Crippen LogP) is 10.3. The van der Waals surface area contributed by atoms with Crippen LogP contribution in [0.4, 0.5) is 11.6 Å². The molecule has 2 N–H and O–H groups in total. The van der Waals surface area contributed by atoms with Crippen molar-refractivity contribution in [3.8, 4) is 5.75 Å². The van der Waals surface area contributed by atoms with E-state index in [1.54, 1.807) is 60.7 Å². The number of aromatic nitrogens is 2. The van der Waals surface area contributed by atoms with E-state index in [1.807, 2.05) is 24.7 Å². The fourth-order valence-corrected chi connectivity index (χ4v) is 20.0. The van der Waals surface area contributed by atoms with Crippen molar-refractivity contribution >= 4 is 160 Å². The third-order valence-corrected chi connectivity index (χ3v) is 25.0. The van der Waals surface area contributed by atoms with E-state index in [2.05, 4.69) is 108 Å². The molecule has 4 aliphatic rings. The van der Waals surface area contributed by atoms with Gasteiger partial charge in [-0.3, -0.25) is 0 Å². The molecule has 10 aromatic carbocycles. The van der Waals surface area contributed by atoms with E-state index in [1.165, 1.54) is 53.6 Å². The maximum atomic E-state index is 12.8. The van der Waals surface area contributed by atoms with Gasteiger partial charge in [0.25, 0.3) is 0 Å². The Morgan fingerprint density at radius 2 is 0.942 bits per heavy atom. The first-order chi connectivity index (χ1) is 49.0. The Kier molecular flexibility index (Phi) is 18.7. The number of hydrogen-bond acceptors (Lipinski definition) is 21. The molecule has 0 spiro atoms. The molecule has 12 aromatic rings. The van der Waals surface area contributed by atoms with Crippen LogP contribution < -0.4 is 21.0 Å². The van der Waals surface area contributed by atoms with Crippen molar-refractivity contribution in [2.75, 3.05) is 40.5 Å². The van der Waals surface area contributed by atoms with Crippen molar-refractivity contribution in [3.05, 3.63) is 220 Å². The standard InChI is InChI=1S/C48H24N8O12S4.C27H42NO2.Ga.H2O/c57-67-68-69-37-9-1-5-21-13-29-33(17-25(21)37)45-49-41(29)51-46-35-19-27-23(7-3-11-39(27)71(61,62)63)15-31(35)43(53-46)55-48-36-20-28-24(8-4-12-40(28)72(64,65)66)16-32(36)44(56-48)54-47-34-18-26-22(14-30(34)42(50-45)52-47)6-2-10-38(26)70(58,59)60;1-26(2,3)22-27(4,5)24-13-15-25(16-14-24)30-20-19-29-18-17-28(6,7)21-23-11-9-8-10-12-23;;/h1-20H,(H4-2,49,50,51,52,53,54,55,56,57,58,59,60,61,62,63,64,65,66);8-16H,17-22H2,1-7H3;;1H2/q-2;+1;+2;/p-4. The number of hydrogen-bond donors (Lipinski definition) is 0. The molecule has 0 amide bonds. The third-order valence-electron chi connectivity index (χ3n) is 18.6. The van der Waals surface area contributed by atoms with E-state index < -0.39 is 62.9 Å². The van der Waals surface area contributed by atoms with Gasteiger partial charge in [-0.25, -0.2) is 0 Å². The van der Waals surface area contributed by atoms with Crippen molar-refractivity contribution in [2.45, 2.75) is 72.6 Å². The van der Waals surface area contributed by atoms with Gasteiger partial charge >= 0.3 is 424 Å². The van der Waals surface area contributed by atoms with E-state index in [-0.39, 0.29) is 67.5 Å². The topological polar surface area (TPSA) is 347 Å². The average molecular weight is 1530 g/mol. The number of likely N-dealkylation sites (N-methyl/N-ethyl adjacent to an activating group) is 1. The van der Waals surface area contributed by atoms with Gasteiger partial charge in [-0.05, 0) is 34.9 Å². The van der Waals surface area contributed by atoms with Gasteiger partial charge in [-0.1, -0.05) is 77.1 Å². The summed E-state index contributed by atoms with van der Waals surface area (Å²) in [6.45, 7) is 15.5. The molecular formula is C75H64GaN9O15S4-3. The van der Waals surface area contributed by atoms with Gasteiger partial charge < -0.3 is 19.4 Å². The molecule has 0 saturated carbocycles. The number of rotatable bonds is 17. The molecule has 0 saturated heterocycles. The molecule has 1 radical (unpaired) electrons. The summed E-state index contributed by atoms with van der Waals surface area (Å²) in [5, 5.41) is 19.1. The quantitative estimate of drug-likeness (QED) is 0.0156. The summed E-state index contributed by atoms with van der Waals surface area (Å²) in [5.41, 5.74) is 5.47. The second-order valence-electron chi connectivity index (χ2n) is 28.1. The number of amidine groups is 4. The zero-order valence-corrected chi connectivity index (χ0v) is 62.6. The van der Waals surface area contributed by atoms with Gasteiger partial charge in [0.15, 0.2) is 0 Å². The second-order valence-corrected chi connectivity index (χ2v) is 35.5. The minimum absolute atomic E-state index is 0. The maximum absolute atomic E-state index is 12.8. The molecule has 104 heavy (non-hydrogen) atoms. The van der Waals surface area contributed by atoms with Crippen LogP contribution >= 0.6 is 12.0 Å². The first-order valence-corrected chi connectivity index (χ1v) is 39.8. The van der Waals surface area contributed by atoms with Crippen LogP contribution in [0.3, 0.4) is 0 Å². The van der Waals surface area contributed by atoms with Crippen LogP contribution in [0, 0.1) is 5.41 Å². The van der Waals surface area contributed by atoms with Crippen molar-refractivity contribution in [1.29, 1.82) is 0 Å². The number of ether oxygens (including phenoxy) is 2. The number of benzene rings is 10. The summed E-state index contributed by atoms with van der Waals surface area (Å²) in [4.78, 5) is 30.2. The van der Waals surface area contributed by atoms with Gasteiger partial charge in [0.2, 0.25) is 0 Å². The number of quaternary nitrogens is 1. The molecule has 16 rings (SSSR count). The molecule has 2 aromatic heterocycles. The third kappa shape index (κ3) is 13.9. The van der Waals surface area contributed by atoms with E-state index in [9.17, 15) is 44.2 Å². The number of aliphatic imine (C=N–C) groups is 4. The fraction of sp³-hybridized carbons (Fsp3) is 0.200. The van der Waals surface area contributed by atoms with Crippen molar-refractivity contribution in [3.63, 3.8) is 0 Å². The molecule has 24 nitrogen and oxygen atoms in total. The number of fused-ring (bicyclic) bond motifs is 18. The van der Waals surface area contributed by atoms with Crippen LogP contribution in [0.2, 0.25) is 0 Å². The van der Waals surface area contributed by atoms with Gasteiger partial charge in [-0.2, -0.15) is 0 Å². The summed E-state index contributed by atoms with van der Waals surface area (Å²) < 4.78 is 136. The number of nitrogens with zero attached hydrogens (tertiary/aromatic N) is 9. The zero-order chi connectivity index (χ0) is 72.3. The molecular weight excluding hydrogens is 1460 g/mol. The Morgan fingerprint density at radius 3 is 1.48 bits per heavy atom. The van der Waals surface area contributed by atoms with Crippen LogP contribution in [0.15, 0.2) is 225 Å². The zero-order valence-electron chi connectivity index (χ0n) is 56.9. The molecule has 0 unspecified atom stereocenters. The van der Waals surface area contributed by atoms with Crippen molar-refractivity contribution < 1.29 is 73.0 Å². The minimum atomic E-state index is -5.02. The van der Waals surface area contributed by atoms with Crippen molar-refractivity contribution in [1.82, 2.24) is 6.55 Å². The summed E-state index contributed by atoms with van der Waals surface area (Å²) >= 11 is -1.74. The van der Waals surface area contributed by atoms with E-state index in [0.29, 0.717) is 112 Å². The molecule has 0 fully saturated rings. The van der Waals surface area contributed by atoms with E-state index in [0.717, 1.165) is 36.3 Å². The SMILES string of the molecule is CC(C)(C)CC(C)(C)c1ccc(OCCOCC[N+](C)(C)Cc2ccccc2)cc1.O.O=S(=O)([O-])c1cccc2cc3c(cc12)C1=Nc2c4cc5cccc(S(=O)(=O)[O-])c5cc4c4[n]2[Ga][n]2c(c5cc6cccc(S(=O)(=O)[O-])c6cc5c2=NC3=N1)=NC1=NC(=N4)c2cc3cccc(SOO[O-])c3cc21. The summed E-state index contributed by atoms with van der Waals surface area (Å²) in [6, 6.07) is 50.9. The first kappa shape index (κ1) is 71.8. The normalized spacial score (nSPS) is 14.1. The molecule has 6 heterocycles. The Labute approximate surface area is 609 Å². The summed E-state index contributed by atoms with van der Waals surface area (Å²) in [6.07, 6.45) is 1.15. The van der Waals surface area contributed by atoms with Crippen LogP contribution in [0.5, 0.6) is 5.75 Å². The average Bonchev–Trinajstić information content (AvgIpc) is 1.55. The molecule has 4 aliphatic heterocycles. The monoisotopic (exact) mass is 1530 g/mol. The van der Waals surface area contributed by atoms with E-state index in [4.69, 9.17) is 43.8 Å². The van der Waals surface area contributed by atoms with Crippen LogP contribution in [-0.2, 0) is 56.4 Å². The molecule has 0 aliphatic carbocycles. The van der Waals surface area contributed by atoms with Gasteiger partial charge in [-0.15, -0.1) is 0 Å². The van der Waals surface area contributed by atoms with Gasteiger partial charge in [0, 0.05) is 5.56 Å². The van der Waals surface area contributed by atoms with Gasteiger partial charge in [0.05, 0.1) is 27.3 Å². The Bertz CT molecular complexity index is 6240.